The van der Waals surface area contributed by atoms with Crippen molar-refractivity contribution in [2.75, 3.05) is 19.6 Å². The van der Waals surface area contributed by atoms with Gasteiger partial charge in [0.25, 0.3) is 0 Å². The molecule has 12 amide bonds. The van der Waals surface area contributed by atoms with E-state index < -0.39 is 149 Å². The third-order valence-electron chi connectivity index (χ3n) is 18.6. The van der Waals surface area contributed by atoms with Crippen molar-refractivity contribution in [2.24, 2.45) is 45.5 Å². The number of H-pyrrole nitrogens is 1. The number of phenolic OH excluding ortho intramolecular Hbond substituents is 1. The molecular formula is C76H114N18O14. The summed E-state index contributed by atoms with van der Waals surface area (Å²) in [6.45, 7) is 12.5. The first kappa shape index (κ1) is 88.2. The number of unbranched alkanes of at least 4 members (excludes halogenated alkanes) is 1. The van der Waals surface area contributed by atoms with Gasteiger partial charge in [-0.25, -0.2) is 0 Å². The Balaban J connectivity index is 1.47. The van der Waals surface area contributed by atoms with Crippen molar-refractivity contribution in [3.63, 3.8) is 0 Å². The lowest BCUT2D eigenvalue weighted by Gasteiger charge is -2.34. The molecule has 3 aromatic carbocycles. The molecule has 108 heavy (non-hydrogen) atoms. The number of carbonyl (C=O) groups excluding carboxylic acids is 12. The van der Waals surface area contributed by atoms with Gasteiger partial charge in [0.2, 0.25) is 70.9 Å². The van der Waals surface area contributed by atoms with Crippen molar-refractivity contribution in [3.8, 4) is 5.75 Å². The molecule has 12 atom stereocenters. The fraction of sp³-hybridized carbons (Fsp3) is 0.539. The Labute approximate surface area is 630 Å². The number of aromatic amines is 1. The maximum atomic E-state index is 15.3. The van der Waals surface area contributed by atoms with E-state index in [-0.39, 0.29) is 114 Å². The van der Waals surface area contributed by atoms with Crippen LogP contribution in [0.15, 0.2) is 102 Å². The zero-order valence-electron chi connectivity index (χ0n) is 63.2. The number of primary amides is 1. The van der Waals surface area contributed by atoms with E-state index in [1.54, 1.807) is 36.5 Å². The van der Waals surface area contributed by atoms with Crippen molar-refractivity contribution < 1.29 is 67.7 Å². The number of aromatic nitrogens is 1. The first-order chi connectivity index (χ1) is 51.1. The van der Waals surface area contributed by atoms with Gasteiger partial charge >= 0.3 is 0 Å². The van der Waals surface area contributed by atoms with Gasteiger partial charge in [-0.2, -0.15) is 0 Å². The predicted octanol–water partition coefficient (Wildman–Crippen LogP) is 0.0443. The average molecular weight is 1500 g/mol. The standard InChI is InChI=1S/C76H114N18O14/c1-44(2)37-57-67(102)87-55(27-18-21-35-77)66(101)90-58(38-45(3)4)69(104)93-75(7,72(107)84-43-61(97)86-54(28-22-36-82-74(80)81)65(100)88-56(63(79)98)41-50-42-83-53-26-17-16-25-52(50)53)33-19-11-9-10-12-20-34-76(8,73(108)92-57)94-70(105)60(39-48-23-14-13-15-24-48)91-68(103)59(40-49-29-31-51(96)32-30-49)89-64(99)46(5)85-71(106)62(78)47(6)95/h9-10,13-17,23-26,29-32,42,44-47,54-60,62,83,95-96H,11-12,18-22,27-28,33-41,43,77-78H2,1-8H3,(H2,79,98)(H,84,107)(H,85,106)(H,86,97)(H,87,102)(H,88,100)(H,89,99)(H,90,101)(H,91,103)(H,92,108)(H,93,104)(H,94,105)(H4,80,81,82)/b10-9+/t46-,47+,54-,55-,56-,57-,58-,59-,60-,62-,75-,76-/m0/s1. The molecule has 0 aliphatic carbocycles. The Morgan fingerprint density at radius 1 is 0.611 bits per heavy atom. The van der Waals surface area contributed by atoms with Crippen LogP contribution in [0.4, 0.5) is 0 Å². The number of aliphatic imine (C=N–C) groups is 1. The number of nitrogens with zero attached hydrogens (tertiary/aromatic N) is 1. The van der Waals surface area contributed by atoms with Crippen LogP contribution < -0.4 is 87.2 Å². The van der Waals surface area contributed by atoms with Crippen molar-refractivity contribution >= 4 is 87.7 Å². The van der Waals surface area contributed by atoms with E-state index >= 15 is 9.59 Å². The van der Waals surface area contributed by atoms with Crippen LogP contribution in [0.2, 0.25) is 0 Å². The number of nitrogens with two attached hydrogens (primary N) is 5. The van der Waals surface area contributed by atoms with E-state index in [2.05, 4.69) is 68.5 Å². The normalized spacial score (nSPS) is 20.7. The highest BCUT2D eigenvalue weighted by Gasteiger charge is 2.42. The van der Waals surface area contributed by atoms with Crippen LogP contribution in [-0.2, 0) is 76.8 Å². The maximum Gasteiger partial charge on any atom is 0.246 e. The third-order valence-corrected chi connectivity index (χ3v) is 18.6. The van der Waals surface area contributed by atoms with Crippen LogP contribution in [0.25, 0.3) is 10.9 Å². The minimum Gasteiger partial charge on any atom is -0.508 e. The Bertz CT molecular complexity index is 3750. The summed E-state index contributed by atoms with van der Waals surface area (Å²) in [5, 5.41) is 51.0. The van der Waals surface area contributed by atoms with Gasteiger partial charge in [0.05, 0.1) is 12.6 Å². The number of aliphatic hydroxyl groups is 1. The summed E-state index contributed by atoms with van der Waals surface area (Å²) >= 11 is 0. The van der Waals surface area contributed by atoms with E-state index in [0.717, 1.165) is 10.9 Å². The molecule has 1 aliphatic heterocycles. The molecular weight excluding hydrogens is 1390 g/mol. The van der Waals surface area contributed by atoms with Crippen molar-refractivity contribution in [3.05, 3.63) is 114 Å². The smallest absolute Gasteiger partial charge is 0.246 e. The molecule has 0 spiro atoms. The first-order valence-electron chi connectivity index (χ1n) is 37.0. The topological polar surface area (TPSA) is 536 Å². The lowest BCUT2D eigenvalue weighted by Crippen LogP contribution is -2.65. The van der Waals surface area contributed by atoms with E-state index in [1.165, 1.54) is 52.0 Å². The maximum absolute atomic E-state index is 15.3. The number of fused-ring (bicyclic) bond motifs is 1. The van der Waals surface area contributed by atoms with Crippen molar-refractivity contribution in [1.82, 2.24) is 63.5 Å². The number of nitrogens with one attached hydrogen (secondary N) is 12. The molecule has 1 aliphatic rings. The molecule has 4 aromatic rings. The van der Waals surface area contributed by atoms with Crippen molar-refractivity contribution in [1.29, 1.82) is 0 Å². The number of carbonyl (C=O) groups is 12. The van der Waals surface area contributed by atoms with Crippen LogP contribution in [0.3, 0.4) is 0 Å². The number of aliphatic hydroxyl groups excluding tert-OH is 1. The predicted molar refractivity (Wildman–Crippen MR) is 409 cm³/mol. The number of para-hydroxylation sites is 1. The number of aromatic hydroxyl groups is 1. The monoisotopic (exact) mass is 1500 g/mol. The molecule has 0 saturated heterocycles. The fourth-order valence-electron chi connectivity index (χ4n) is 12.3. The Kier molecular flexibility index (Phi) is 35.4. The zero-order chi connectivity index (χ0) is 79.8. The molecule has 0 bridgehead atoms. The number of allylic oxidation sites excluding steroid dienone is 2. The molecule has 2 heterocycles. The van der Waals surface area contributed by atoms with Gasteiger partial charge < -0.3 is 102 Å². The summed E-state index contributed by atoms with van der Waals surface area (Å²) in [4.78, 5) is 179. The molecule has 0 fully saturated rings. The van der Waals surface area contributed by atoms with Gasteiger partial charge in [0.1, 0.15) is 71.2 Å². The molecule has 32 heteroatoms. The van der Waals surface area contributed by atoms with Crippen molar-refractivity contribution in [2.45, 2.75) is 230 Å². The third kappa shape index (κ3) is 29.0. The lowest BCUT2D eigenvalue weighted by atomic mass is 9.91. The highest BCUT2D eigenvalue weighted by Crippen LogP contribution is 2.23. The van der Waals surface area contributed by atoms with Gasteiger partial charge in [0.15, 0.2) is 5.96 Å². The highest BCUT2D eigenvalue weighted by molar-refractivity contribution is 6.01. The first-order valence-corrected chi connectivity index (χ1v) is 37.0. The summed E-state index contributed by atoms with van der Waals surface area (Å²) in [6.07, 6.45) is 5.98. The SMILES string of the molecule is CC(C)C[C@@H]1NC(=O)[C@H](CCCCN)NC(=O)[C@H](CC(C)C)NC(=O)[C@@](C)(NC(=O)[C@H](Cc2ccccc2)NC(=O)[C@H](Cc2ccc(O)cc2)NC(=O)[C@H](C)NC(=O)[C@@H](N)[C@@H](C)O)CCC/C=C/CCC[C@@](C)(C(=O)NCC(=O)N[C@@H](CCCN=C(N)N)C(=O)N[C@@H](Cc2c[nH]c3ccccc23)C(N)=O)NC1=O. The van der Waals surface area contributed by atoms with Gasteiger partial charge in [-0.15, -0.1) is 0 Å². The lowest BCUT2D eigenvalue weighted by molar-refractivity contribution is -0.138. The van der Waals surface area contributed by atoms with Crippen LogP contribution >= 0.6 is 0 Å². The number of amides is 12. The Morgan fingerprint density at radius 3 is 1.80 bits per heavy atom. The second kappa shape index (κ2) is 43.4. The number of phenols is 1. The summed E-state index contributed by atoms with van der Waals surface area (Å²) in [7, 11) is 0. The summed E-state index contributed by atoms with van der Waals surface area (Å²) in [6, 6.07) is 9.92. The molecule has 0 radical (unpaired) electrons. The van der Waals surface area contributed by atoms with Gasteiger partial charge in [-0.05, 0) is 164 Å². The summed E-state index contributed by atoms with van der Waals surface area (Å²) < 4.78 is 0. The van der Waals surface area contributed by atoms with Gasteiger partial charge in [-0.3, -0.25) is 62.5 Å². The van der Waals surface area contributed by atoms with E-state index in [4.69, 9.17) is 28.7 Å². The minimum absolute atomic E-state index is 0.0163. The molecule has 1 aromatic heterocycles. The average Bonchev–Trinajstić information content (AvgIpc) is 1.67. The minimum atomic E-state index is -1.84. The molecule has 32 nitrogen and oxygen atoms in total. The Morgan fingerprint density at radius 2 is 1.18 bits per heavy atom. The van der Waals surface area contributed by atoms with Crippen LogP contribution in [-0.4, -0.2) is 183 Å². The van der Waals surface area contributed by atoms with Crippen LogP contribution in [0, 0.1) is 11.8 Å². The second-order valence-electron chi connectivity index (χ2n) is 29.0. The number of guanidine groups is 1. The molecule has 0 saturated carbocycles. The molecule has 5 rings (SSSR count). The Hall–Kier alpha value is -10.5. The van der Waals surface area contributed by atoms with Crippen LogP contribution in [0.1, 0.15) is 156 Å². The summed E-state index contributed by atoms with van der Waals surface area (Å²) in [5.41, 5.74) is 27.6. The van der Waals surface area contributed by atoms with Crippen LogP contribution in [0.5, 0.6) is 5.75 Å². The molecule has 24 N–H and O–H groups in total. The highest BCUT2D eigenvalue weighted by atomic mass is 16.3. The summed E-state index contributed by atoms with van der Waals surface area (Å²) in [5.74, 6) is -10.4. The quantitative estimate of drug-likeness (QED) is 0.0127. The number of hydrogen-bond acceptors (Lipinski definition) is 17. The van der Waals surface area contributed by atoms with E-state index in [9.17, 15) is 58.2 Å². The number of hydrogen-bond donors (Lipinski definition) is 19. The molecule has 592 valence electrons. The van der Waals surface area contributed by atoms with E-state index in [0.29, 0.717) is 42.4 Å². The number of benzene rings is 3. The van der Waals surface area contributed by atoms with E-state index in [1.807, 2.05) is 64.1 Å². The number of rotatable bonds is 34. The largest absolute Gasteiger partial charge is 0.508 e. The van der Waals surface area contributed by atoms with Gasteiger partial charge in [-0.1, -0.05) is 101 Å². The van der Waals surface area contributed by atoms with Gasteiger partial charge in [0, 0.05) is 42.9 Å². The zero-order valence-corrected chi connectivity index (χ0v) is 63.2. The fourth-order valence-corrected chi connectivity index (χ4v) is 12.3. The molecule has 0 unspecified atom stereocenters. The second-order valence-corrected chi connectivity index (χ2v) is 29.0.